The molecule has 0 amide bonds. The van der Waals surface area contributed by atoms with Gasteiger partial charge in [0.05, 0.1) is 0 Å². The van der Waals surface area contributed by atoms with Gasteiger partial charge >= 0.3 is 0 Å². The van der Waals surface area contributed by atoms with Crippen molar-refractivity contribution >= 4 is 32.8 Å². The van der Waals surface area contributed by atoms with E-state index in [0.717, 1.165) is 0 Å². The molecule has 0 fully saturated rings. The number of benzene rings is 1. The third-order valence-electron chi connectivity index (χ3n) is 3.20. The summed E-state index contributed by atoms with van der Waals surface area (Å²) in [6.07, 6.45) is 3.76. The Hall–Kier alpha value is -1.12. The highest BCUT2D eigenvalue weighted by Crippen LogP contribution is 2.38. The number of rotatable bonds is 4. The molecular formula is C16H16S2. The lowest BCUT2D eigenvalue weighted by Crippen LogP contribution is -1.82. The van der Waals surface area contributed by atoms with Crippen LogP contribution in [0.2, 0.25) is 0 Å². The Labute approximate surface area is 116 Å². The van der Waals surface area contributed by atoms with Gasteiger partial charge in [-0.2, -0.15) is 0 Å². The van der Waals surface area contributed by atoms with Crippen molar-refractivity contribution in [2.24, 2.45) is 0 Å². The van der Waals surface area contributed by atoms with Gasteiger partial charge in [-0.3, -0.25) is 0 Å². The summed E-state index contributed by atoms with van der Waals surface area (Å²) >= 11 is 3.79. The van der Waals surface area contributed by atoms with E-state index in [1.807, 2.05) is 22.7 Å². The monoisotopic (exact) mass is 272 g/mol. The SMILES string of the molecule is CCCCc1ccsc1-c1cc2ccccc2s1. The predicted molar refractivity (Wildman–Crippen MR) is 83.8 cm³/mol. The summed E-state index contributed by atoms with van der Waals surface area (Å²) in [5, 5.41) is 3.59. The van der Waals surface area contributed by atoms with E-state index in [9.17, 15) is 0 Å². The van der Waals surface area contributed by atoms with E-state index in [-0.39, 0.29) is 0 Å². The molecule has 0 aliphatic carbocycles. The van der Waals surface area contributed by atoms with Crippen molar-refractivity contribution in [1.82, 2.24) is 0 Å². The Morgan fingerprint density at radius 2 is 2.00 bits per heavy atom. The quantitative estimate of drug-likeness (QED) is 0.548. The van der Waals surface area contributed by atoms with Crippen LogP contribution in [0.3, 0.4) is 0 Å². The molecule has 0 bridgehead atoms. The lowest BCUT2D eigenvalue weighted by Gasteiger charge is -1.99. The van der Waals surface area contributed by atoms with E-state index in [0.29, 0.717) is 0 Å². The highest BCUT2D eigenvalue weighted by atomic mass is 32.1. The first-order valence-corrected chi connectivity index (χ1v) is 8.13. The molecule has 92 valence electrons. The molecule has 2 heteroatoms. The Bertz CT molecular complexity index is 613. The van der Waals surface area contributed by atoms with Gasteiger partial charge in [0.2, 0.25) is 0 Å². The minimum Gasteiger partial charge on any atom is -0.143 e. The van der Waals surface area contributed by atoms with Gasteiger partial charge in [-0.15, -0.1) is 22.7 Å². The van der Waals surface area contributed by atoms with E-state index in [4.69, 9.17) is 0 Å². The number of unbranched alkanes of at least 4 members (excludes halogenated alkanes) is 1. The van der Waals surface area contributed by atoms with E-state index in [2.05, 4.69) is 48.7 Å². The van der Waals surface area contributed by atoms with Crippen LogP contribution in [-0.2, 0) is 6.42 Å². The first-order chi connectivity index (χ1) is 8.88. The number of hydrogen-bond acceptors (Lipinski definition) is 2. The molecule has 3 aromatic rings. The average molecular weight is 272 g/mol. The normalized spacial score (nSPS) is 11.2. The molecule has 0 N–H and O–H groups in total. The fourth-order valence-corrected chi connectivity index (χ4v) is 4.38. The van der Waals surface area contributed by atoms with Crippen molar-refractivity contribution in [3.63, 3.8) is 0 Å². The van der Waals surface area contributed by atoms with Gasteiger partial charge in [-0.05, 0) is 47.4 Å². The summed E-state index contributed by atoms with van der Waals surface area (Å²) < 4.78 is 1.39. The minimum absolute atomic E-state index is 1.21. The van der Waals surface area contributed by atoms with Gasteiger partial charge in [0, 0.05) is 14.5 Å². The molecule has 0 saturated carbocycles. The van der Waals surface area contributed by atoms with E-state index in [1.165, 1.54) is 44.7 Å². The van der Waals surface area contributed by atoms with Gasteiger partial charge in [0.25, 0.3) is 0 Å². The molecule has 0 unspecified atom stereocenters. The average Bonchev–Trinajstić information content (AvgIpc) is 3.01. The fraction of sp³-hybridized carbons (Fsp3) is 0.250. The number of fused-ring (bicyclic) bond motifs is 1. The van der Waals surface area contributed by atoms with E-state index >= 15 is 0 Å². The molecule has 0 saturated heterocycles. The molecule has 0 spiro atoms. The van der Waals surface area contributed by atoms with Gasteiger partial charge in [-0.25, -0.2) is 0 Å². The van der Waals surface area contributed by atoms with Crippen LogP contribution in [0.5, 0.6) is 0 Å². The fourth-order valence-electron chi connectivity index (χ4n) is 2.21. The van der Waals surface area contributed by atoms with Crippen molar-refractivity contribution < 1.29 is 0 Å². The summed E-state index contributed by atoms with van der Waals surface area (Å²) in [5.74, 6) is 0. The molecule has 1 aromatic carbocycles. The van der Waals surface area contributed by atoms with Gasteiger partial charge in [-0.1, -0.05) is 31.5 Å². The first kappa shape index (κ1) is 11.9. The van der Waals surface area contributed by atoms with Gasteiger partial charge < -0.3 is 0 Å². The standard InChI is InChI=1S/C16H16S2/c1-2-3-6-12-9-10-17-16(12)15-11-13-7-4-5-8-14(13)18-15/h4-5,7-11H,2-3,6H2,1H3. The third kappa shape index (κ3) is 2.23. The number of aryl methyl sites for hydroxylation is 1. The van der Waals surface area contributed by atoms with Crippen LogP contribution in [-0.4, -0.2) is 0 Å². The Balaban J connectivity index is 2.01. The molecule has 2 aromatic heterocycles. The molecule has 0 aliphatic heterocycles. The summed E-state index contributed by atoms with van der Waals surface area (Å²) in [5.41, 5.74) is 1.52. The first-order valence-electron chi connectivity index (χ1n) is 6.44. The molecular weight excluding hydrogens is 256 g/mol. The Kier molecular flexibility index (Phi) is 3.48. The summed E-state index contributed by atoms with van der Waals surface area (Å²) in [4.78, 5) is 2.90. The van der Waals surface area contributed by atoms with E-state index in [1.54, 1.807) is 0 Å². The van der Waals surface area contributed by atoms with E-state index < -0.39 is 0 Å². The molecule has 18 heavy (non-hydrogen) atoms. The molecule has 0 atom stereocenters. The Morgan fingerprint density at radius 3 is 2.83 bits per heavy atom. The molecule has 0 aliphatic rings. The molecule has 0 radical (unpaired) electrons. The van der Waals surface area contributed by atoms with Crippen LogP contribution >= 0.6 is 22.7 Å². The maximum absolute atomic E-state index is 2.33. The number of thiophene rings is 2. The predicted octanol–water partition coefficient (Wildman–Crippen LogP) is 5.97. The Morgan fingerprint density at radius 1 is 1.11 bits per heavy atom. The van der Waals surface area contributed by atoms with Crippen LogP contribution in [0.1, 0.15) is 25.3 Å². The van der Waals surface area contributed by atoms with Crippen LogP contribution in [0.4, 0.5) is 0 Å². The zero-order valence-electron chi connectivity index (χ0n) is 10.5. The molecule has 3 rings (SSSR count). The largest absolute Gasteiger partial charge is 0.143 e. The second kappa shape index (κ2) is 5.25. The highest BCUT2D eigenvalue weighted by molar-refractivity contribution is 7.25. The van der Waals surface area contributed by atoms with Crippen LogP contribution in [0, 0.1) is 0 Å². The summed E-state index contributed by atoms with van der Waals surface area (Å²) in [6, 6.07) is 13.3. The van der Waals surface area contributed by atoms with Crippen molar-refractivity contribution in [1.29, 1.82) is 0 Å². The minimum atomic E-state index is 1.21. The summed E-state index contributed by atoms with van der Waals surface area (Å²) in [7, 11) is 0. The second-order valence-electron chi connectivity index (χ2n) is 4.53. The maximum Gasteiger partial charge on any atom is 0.0474 e. The summed E-state index contributed by atoms with van der Waals surface area (Å²) in [6.45, 7) is 2.26. The van der Waals surface area contributed by atoms with Crippen LogP contribution < -0.4 is 0 Å². The highest BCUT2D eigenvalue weighted by Gasteiger charge is 2.09. The zero-order chi connectivity index (χ0) is 12.4. The smallest absolute Gasteiger partial charge is 0.0474 e. The van der Waals surface area contributed by atoms with Gasteiger partial charge in [0.1, 0.15) is 0 Å². The topological polar surface area (TPSA) is 0 Å². The maximum atomic E-state index is 2.33. The van der Waals surface area contributed by atoms with Gasteiger partial charge in [0.15, 0.2) is 0 Å². The van der Waals surface area contributed by atoms with Crippen molar-refractivity contribution in [3.8, 4) is 9.75 Å². The zero-order valence-corrected chi connectivity index (χ0v) is 12.1. The molecule has 0 nitrogen and oxygen atoms in total. The van der Waals surface area contributed by atoms with Crippen LogP contribution in [0.25, 0.3) is 19.8 Å². The second-order valence-corrected chi connectivity index (χ2v) is 6.53. The van der Waals surface area contributed by atoms with Crippen molar-refractivity contribution in [2.45, 2.75) is 26.2 Å². The number of hydrogen-bond donors (Lipinski definition) is 0. The lowest BCUT2D eigenvalue weighted by atomic mass is 10.1. The van der Waals surface area contributed by atoms with Crippen molar-refractivity contribution in [2.75, 3.05) is 0 Å². The lowest BCUT2D eigenvalue weighted by molar-refractivity contribution is 0.798. The van der Waals surface area contributed by atoms with Crippen LogP contribution in [0.15, 0.2) is 41.8 Å². The molecule has 2 heterocycles. The third-order valence-corrected chi connectivity index (χ3v) is 5.45. The van der Waals surface area contributed by atoms with Crippen molar-refractivity contribution in [3.05, 3.63) is 47.3 Å².